The minimum absolute atomic E-state index is 0.0679. The van der Waals surface area contributed by atoms with E-state index in [0.29, 0.717) is 17.3 Å². The van der Waals surface area contributed by atoms with Crippen molar-refractivity contribution >= 4 is 17.5 Å². The van der Waals surface area contributed by atoms with Gasteiger partial charge in [-0.1, -0.05) is 65.7 Å². The molecule has 2 heterocycles. The first-order chi connectivity index (χ1) is 15.5. The van der Waals surface area contributed by atoms with Gasteiger partial charge in [0, 0.05) is 22.7 Å². The number of aromatic amines is 1. The van der Waals surface area contributed by atoms with Crippen molar-refractivity contribution < 1.29 is 9.53 Å². The third kappa shape index (κ3) is 3.55. The van der Waals surface area contributed by atoms with Crippen LogP contribution in [0, 0.1) is 6.92 Å². The average molecular weight is 444 g/mol. The fourth-order valence-corrected chi connectivity index (χ4v) is 4.34. The number of methoxy groups -OCH3 is 1. The molecule has 1 aliphatic heterocycles. The fourth-order valence-electron chi connectivity index (χ4n) is 4.21. The molecule has 5 nitrogen and oxygen atoms in total. The summed E-state index contributed by atoms with van der Waals surface area (Å²) in [5, 5.41) is 8.20. The summed E-state index contributed by atoms with van der Waals surface area (Å²) in [7, 11) is 1.64. The summed E-state index contributed by atoms with van der Waals surface area (Å²) in [5.41, 5.74) is 6.39. The molecule has 0 fully saturated rings. The number of benzene rings is 3. The zero-order chi connectivity index (χ0) is 22.2. The normalized spacial score (nSPS) is 15.2. The maximum atomic E-state index is 13.5. The molecule has 0 bridgehead atoms. The molecule has 0 radical (unpaired) electrons. The lowest BCUT2D eigenvalue weighted by Gasteiger charge is -2.26. The molecular weight excluding hydrogens is 422 g/mol. The average Bonchev–Trinajstić information content (AvgIpc) is 3.35. The molecule has 0 saturated heterocycles. The molecule has 4 aromatic rings. The van der Waals surface area contributed by atoms with E-state index in [9.17, 15) is 4.79 Å². The van der Waals surface area contributed by atoms with Gasteiger partial charge in [-0.3, -0.25) is 9.89 Å². The summed E-state index contributed by atoms with van der Waals surface area (Å²) >= 11 is 6.15. The number of amides is 1. The van der Waals surface area contributed by atoms with E-state index in [1.54, 1.807) is 7.11 Å². The smallest absolute Gasteiger partial charge is 0.273 e. The first-order valence-electron chi connectivity index (χ1n) is 10.4. The Hall–Kier alpha value is -3.57. The van der Waals surface area contributed by atoms with Gasteiger partial charge < -0.3 is 9.64 Å². The van der Waals surface area contributed by atoms with Gasteiger partial charge in [-0.15, -0.1) is 0 Å². The van der Waals surface area contributed by atoms with Crippen LogP contribution in [0.5, 0.6) is 5.75 Å². The maximum absolute atomic E-state index is 13.5. The second kappa shape index (κ2) is 8.17. The zero-order valence-electron chi connectivity index (χ0n) is 17.8. The Morgan fingerprint density at radius 3 is 2.34 bits per heavy atom. The third-order valence-electron chi connectivity index (χ3n) is 5.89. The SMILES string of the molecule is COc1ccc(CN2C(=O)c3[nH]nc(-c4ccc(C)cc4)c3C2c2ccc(Cl)cc2)cc1. The van der Waals surface area contributed by atoms with Crippen molar-refractivity contribution in [1.29, 1.82) is 0 Å². The van der Waals surface area contributed by atoms with Gasteiger partial charge in [0.05, 0.1) is 18.8 Å². The van der Waals surface area contributed by atoms with Crippen molar-refractivity contribution in [2.24, 2.45) is 0 Å². The van der Waals surface area contributed by atoms with E-state index in [0.717, 1.165) is 33.7 Å². The Bertz CT molecular complexity index is 1260. The number of hydrogen-bond acceptors (Lipinski definition) is 3. The molecule has 1 N–H and O–H groups in total. The number of aryl methyl sites for hydroxylation is 1. The lowest BCUT2D eigenvalue weighted by molar-refractivity contribution is 0.0730. The molecule has 1 aromatic heterocycles. The summed E-state index contributed by atoms with van der Waals surface area (Å²) in [5.74, 6) is 0.716. The van der Waals surface area contributed by atoms with Crippen molar-refractivity contribution in [3.05, 3.63) is 106 Å². The van der Waals surface area contributed by atoms with Crippen LogP contribution in [0.2, 0.25) is 5.02 Å². The highest BCUT2D eigenvalue weighted by Crippen LogP contribution is 2.43. The molecule has 0 saturated carbocycles. The largest absolute Gasteiger partial charge is 0.497 e. The Kier molecular flexibility index (Phi) is 5.19. The number of H-pyrrole nitrogens is 1. The topological polar surface area (TPSA) is 58.2 Å². The molecule has 32 heavy (non-hydrogen) atoms. The highest BCUT2D eigenvalue weighted by molar-refractivity contribution is 6.30. The van der Waals surface area contributed by atoms with E-state index in [-0.39, 0.29) is 11.9 Å². The summed E-state index contributed by atoms with van der Waals surface area (Å²) in [6, 6.07) is 23.4. The van der Waals surface area contributed by atoms with E-state index >= 15 is 0 Å². The van der Waals surface area contributed by atoms with Crippen LogP contribution in [0.25, 0.3) is 11.3 Å². The number of halogens is 1. The number of ether oxygens (including phenoxy) is 1. The second-order valence-electron chi connectivity index (χ2n) is 7.96. The van der Waals surface area contributed by atoms with Gasteiger partial charge in [0.25, 0.3) is 5.91 Å². The van der Waals surface area contributed by atoms with Crippen LogP contribution in [-0.4, -0.2) is 28.1 Å². The minimum Gasteiger partial charge on any atom is -0.497 e. The van der Waals surface area contributed by atoms with Gasteiger partial charge in [-0.05, 0) is 42.3 Å². The van der Waals surface area contributed by atoms with E-state index in [2.05, 4.69) is 29.3 Å². The van der Waals surface area contributed by atoms with Gasteiger partial charge in [-0.25, -0.2) is 0 Å². The van der Waals surface area contributed by atoms with Gasteiger partial charge in [-0.2, -0.15) is 5.10 Å². The maximum Gasteiger partial charge on any atom is 0.273 e. The third-order valence-corrected chi connectivity index (χ3v) is 6.14. The van der Waals surface area contributed by atoms with Crippen LogP contribution < -0.4 is 4.74 Å². The Morgan fingerprint density at radius 2 is 1.69 bits per heavy atom. The van der Waals surface area contributed by atoms with Crippen LogP contribution in [-0.2, 0) is 6.54 Å². The highest BCUT2D eigenvalue weighted by atomic mass is 35.5. The fraction of sp³-hybridized carbons (Fsp3) is 0.154. The molecule has 1 aliphatic rings. The first kappa shape index (κ1) is 20.3. The lowest BCUT2D eigenvalue weighted by Crippen LogP contribution is -2.29. The van der Waals surface area contributed by atoms with Crippen LogP contribution in [0.15, 0.2) is 72.8 Å². The predicted octanol–water partition coefficient (Wildman–Crippen LogP) is 5.79. The van der Waals surface area contributed by atoms with Gasteiger partial charge in [0.1, 0.15) is 11.4 Å². The van der Waals surface area contributed by atoms with E-state index in [1.807, 2.05) is 65.6 Å². The second-order valence-corrected chi connectivity index (χ2v) is 8.40. The van der Waals surface area contributed by atoms with E-state index in [4.69, 9.17) is 16.3 Å². The number of carbonyl (C=O) groups is 1. The van der Waals surface area contributed by atoms with Gasteiger partial charge >= 0.3 is 0 Å². The zero-order valence-corrected chi connectivity index (χ0v) is 18.6. The number of rotatable bonds is 5. The monoisotopic (exact) mass is 443 g/mol. The first-order valence-corrected chi connectivity index (χ1v) is 10.8. The van der Waals surface area contributed by atoms with Crippen LogP contribution >= 0.6 is 11.6 Å². The van der Waals surface area contributed by atoms with Crippen molar-refractivity contribution in [2.75, 3.05) is 7.11 Å². The summed E-state index contributed by atoms with van der Waals surface area (Å²) in [6.07, 6.45) is 0. The van der Waals surface area contributed by atoms with Crippen molar-refractivity contribution in [1.82, 2.24) is 15.1 Å². The van der Waals surface area contributed by atoms with Crippen LogP contribution in [0.4, 0.5) is 0 Å². The molecule has 0 aliphatic carbocycles. The molecule has 3 aromatic carbocycles. The Balaban J connectivity index is 1.60. The molecule has 1 unspecified atom stereocenters. The number of aromatic nitrogens is 2. The van der Waals surface area contributed by atoms with Crippen LogP contribution in [0.3, 0.4) is 0 Å². The Labute approximate surface area is 191 Å². The number of hydrogen-bond donors (Lipinski definition) is 1. The predicted molar refractivity (Wildman–Crippen MR) is 125 cm³/mol. The molecule has 0 spiro atoms. The van der Waals surface area contributed by atoms with E-state index < -0.39 is 0 Å². The summed E-state index contributed by atoms with van der Waals surface area (Å²) in [4.78, 5) is 15.4. The summed E-state index contributed by atoms with van der Waals surface area (Å²) < 4.78 is 5.27. The minimum atomic E-state index is -0.271. The number of carbonyl (C=O) groups excluding carboxylic acids is 1. The standard InChI is InChI=1S/C26H22ClN3O2/c1-16-3-7-18(8-4-16)23-22-24(29-28-23)26(31)30(15-17-5-13-21(32-2)14-6-17)25(22)19-9-11-20(27)12-10-19/h3-14,25H,15H2,1-2H3,(H,28,29). The summed E-state index contributed by atoms with van der Waals surface area (Å²) in [6.45, 7) is 2.52. The molecular formula is C26H22ClN3O2. The molecule has 1 amide bonds. The quantitative estimate of drug-likeness (QED) is 0.424. The highest BCUT2D eigenvalue weighted by Gasteiger charge is 2.42. The number of nitrogens with one attached hydrogen (secondary N) is 1. The van der Waals surface area contributed by atoms with Gasteiger partial charge in [0.15, 0.2) is 0 Å². The molecule has 5 rings (SSSR count). The number of fused-ring (bicyclic) bond motifs is 1. The molecule has 1 atom stereocenters. The van der Waals surface area contributed by atoms with Gasteiger partial charge in [0.2, 0.25) is 0 Å². The van der Waals surface area contributed by atoms with Crippen molar-refractivity contribution in [3.8, 4) is 17.0 Å². The number of nitrogens with zero attached hydrogens (tertiary/aromatic N) is 2. The van der Waals surface area contributed by atoms with E-state index in [1.165, 1.54) is 5.56 Å². The lowest BCUT2D eigenvalue weighted by atomic mass is 9.95. The van der Waals surface area contributed by atoms with Crippen molar-refractivity contribution in [3.63, 3.8) is 0 Å². The molecule has 6 heteroatoms. The van der Waals surface area contributed by atoms with Crippen LogP contribution in [0.1, 0.15) is 38.8 Å². The Morgan fingerprint density at radius 1 is 1.00 bits per heavy atom. The molecule has 160 valence electrons. The van der Waals surface area contributed by atoms with Crippen molar-refractivity contribution in [2.45, 2.75) is 19.5 Å².